The Morgan fingerprint density at radius 3 is 2.55 bits per heavy atom. The van der Waals surface area contributed by atoms with E-state index in [0.717, 1.165) is 13.1 Å². The van der Waals surface area contributed by atoms with Crippen LogP contribution in [0.25, 0.3) is 0 Å². The van der Waals surface area contributed by atoms with Crippen LogP contribution in [-0.2, 0) is 4.79 Å². The highest BCUT2D eigenvalue weighted by molar-refractivity contribution is 5.84. The van der Waals surface area contributed by atoms with Gasteiger partial charge < -0.3 is 9.80 Å². The molecule has 0 spiro atoms. The fourth-order valence-corrected chi connectivity index (χ4v) is 3.18. The van der Waals surface area contributed by atoms with Gasteiger partial charge in [-0.2, -0.15) is 0 Å². The zero-order valence-corrected chi connectivity index (χ0v) is 12.1. The number of benzene rings is 1. The summed E-state index contributed by atoms with van der Waals surface area (Å²) in [7, 11) is 0. The van der Waals surface area contributed by atoms with E-state index in [0.29, 0.717) is 0 Å². The van der Waals surface area contributed by atoms with Gasteiger partial charge in [-0.15, -0.1) is 0 Å². The molecular formula is C16H23N3O. The topological polar surface area (TPSA) is 35.6 Å². The van der Waals surface area contributed by atoms with Crippen molar-refractivity contribution in [2.75, 3.05) is 26.2 Å². The lowest BCUT2D eigenvalue weighted by Gasteiger charge is -2.26. The van der Waals surface area contributed by atoms with Crippen LogP contribution in [0.15, 0.2) is 30.3 Å². The number of carbonyl (C=O) groups is 1. The summed E-state index contributed by atoms with van der Waals surface area (Å²) >= 11 is 0. The second-order valence-electron chi connectivity index (χ2n) is 5.78. The molecule has 1 amide bonds. The zero-order chi connectivity index (χ0) is 13.9. The van der Waals surface area contributed by atoms with Crippen LogP contribution in [0.5, 0.6) is 0 Å². The molecular weight excluding hydrogens is 250 g/mol. The predicted molar refractivity (Wildman–Crippen MR) is 79.2 cm³/mol. The second kappa shape index (κ2) is 5.94. The summed E-state index contributed by atoms with van der Waals surface area (Å²) in [5.74, 6) is 0.220. The molecule has 1 aromatic carbocycles. The molecule has 4 nitrogen and oxygen atoms in total. The maximum Gasteiger partial charge on any atom is 0.241 e. The van der Waals surface area contributed by atoms with E-state index >= 15 is 0 Å². The molecule has 3 rings (SSSR count). The third-order valence-corrected chi connectivity index (χ3v) is 4.34. The number of nitrogens with one attached hydrogen (secondary N) is 1. The summed E-state index contributed by atoms with van der Waals surface area (Å²) in [4.78, 5) is 16.8. The average molecular weight is 273 g/mol. The van der Waals surface area contributed by atoms with Crippen LogP contribution in [-0.4, -0.2) is 47.9 Å². The molecule has 1 N–H and O–H groups in total. The Balaban J connectivity index is 1.69. The number of hydrogen-bond acceptors (Lipinski definition) is 3. The maximum atomic E-state index is 12.3. The molecule has 0 saturated carbocycles. The molecule has 20 heavy (non-hydrogen) atoms. The van der Waals surface area contributed by atoms with Gasteiger partial charge in [0.2, 0.25) is 5.91 Å². The number of amides is 1. The van der Waals surface area contributed by atoms with Crippen molar-refractivity contribution in [3.8, 4) is 0 Å². The largest absolute Gasteiger partial charge is 0.320 e. The standard InChI is InChI=1S/C16H23N3O/c1-13-16(20)19(12-11-18-9-5-6-10-18)15(17-13)14-7-3-2-4-8-14/h2-4,7-8,13,15,17H,5-6,9-12H2,1H3. The third kappa shape index (κ3) is 2.72. The van der Waals surface area contributed by atoms with Gasteiger partial charge in [0, 0.05) is 13.1 Å². The van der Waals surface area contributed by atoms with E-state index in [4.69, 9.17) is 0 Å². The summed E-state index contributed by atoms with van der Waals surface area (Å²) in [6, 6.07) is 10.2. The quantitative estimate of drug-likeness (QED) is 0.905. The van der Waals surface area contributed by atoms with Crippen molar-refractivity contribution in [1.29, 1.82) is 0 Å². The van der Waals surface area contributed by atoms with Crippen molar-refractivity contribution >= 4 is 5.91 Å². The molecule has 2 aliphatic rings. The Morgan fingerprint density at radius 1 is 1.15 bits per heavy atom. The fraction of sp³-hybridized carbons (Fsp3) is 0.562. The molecule has 2 heterocycles. The summed E-state index contributed by atoms with van der Waals surface area (Å²) in [5.41, 5.74) is 1.17. The number of hydrogen-bond donors (Lipinski definition) is 1. The van der Waals surface area contributed by atoms with Gasteiger partial charge in [0.05, 0.1) is 6.04 Å². The van der Waals surface area contributed by atoms with Crippen molar-refractivity contribution in [1.82, 2.24) is 15.1 Å². The molecule has 2 fully saturated rings. The lowest BCUT2D eigenvalue weighted by atomic mass is 10.1. The van der Waals surface area contributed by atoms with E-state index in [-0.39, 0.29) is 18.1 Å². The van der Waals surface area contributed by atoms with E-state index in [1.807, 2.05) is 30.0 Å². The van der Waals surface area contributed by atoms with Gasteiger partial charge in [0.25, 0.3) is 0 Å². The molecule has 1 aromatic rings. The Labute approximate surface area is 120 Å². The molecule has 2 unspecified atom stereocenters. The van der Waals surface area contributed by atoms with Crippen LogP contribution >= 0.6 is 0 Å². The van der Waals surface area contributed by atoms with Gasteiger partial charge in [-0.3, -0.25) is 10.1 Å². The minimum absolute atomic E-state index is 0.0290. The van der Waals surface area contributed by atoms with Crippen molar-refractivity contribution < 1.29 is 4.79 Å². The van der Waals surface area contributed by atoms with Gasteiger partial charge in [-0.25, -0.2) is 0 Å². The molecule has 2 aliphatic heterocycles. The van der Waals surface area contributed by atoms with Crippen molar-refractivity contribution in [2.24, 2.45) is 0 Å². The molecule has 4 heteroatoms. The van der Waals surface area contributed by atoms with Gasteiger partial charge in [0.1, 0.15) is 6.17 Å². The van der Waals surface area contributed by atoms with E-state index in [1.54, 1.807) is 0 Å². The number of likely N-dealkylation sites (tertiary alicyclic amines) is 1. The molecule has 0 aromatic heterocycles. The van der Waals surface area contributed by atoms with Crippen LogP contribution in [0.3, 0.4) is 0 Å². The van der Waals surface area contributed by atoms with Gasteiger partial charge >= 0.3 is 0 Å². The van der Waals surface area contributed by atoms with Gasteiger partial charge in [0.15, 0.2) is 0 Å². The molecule has 0 bridgehead atoms. The zero-order valence-electron chi connectivity index (χ0n) is 12.1. The van der Waals surface area contributed by atoms with Crippen LogP contribution in [0.1, 0.15) is 31.5 Å². The van der Waals surface area contributed by atoms with E-state index in [2.05, 4.69) is 22.3 Å². The molecule has 2 saturated heterocycles. The van der Waals surface area contributed by atoms with Crippen LogP contribution in [0.2, 0.25) is 0 Å². The van der Waals surface area contributed by atoms with Crippen LogP contribution < -0.4 is 5.32 Å². The average Bonchev–Trinajstić information content (AvgIpc) is 3.08. The first kappa shape index (κ1) is 13.6. The van der Waals surface area contributed by atoms with Crippen LogP contribution in [0, 0.1) is 0 Å². The Morgan fingerprint density at radius 2 is 1.85 bits per heavy atom. The first-order valence-corrected chi connectivity index (χ1v) is 7.59. The van der Waals surface area contributed by atoms with Crippen molar-refractivity contribution in [3.05, 3.63) is 35.9 Å². The smallest absolute Gasteiger partial charge is 0.241 e. The third-order valence-electron chi connectivity index (χ3n) is 4.34. The van der Waals surface area contributed by atoms with E-state index in [9.17, 15) is 4.79 Å². The van der Waals surface area contributed by atoms with Gasteiger partial charge in [-0.1, -0.05) is 30.3 Å². The molecule has 108 valence electrons. The van der Waals surface area contributed by atoms with Gasteiger partial charge in [-0.05, 0) is 38.4 Å². The first-order valence-electron chi connectivity index (χ1n) is 7.59. The summed E-state index contributed by atoms with van der Waals surface area (Å²) in [6.45, 7) is 6.12. The maximum absolute atomic E-state index is 12.3. The second-order valence-corrected chi connectivity index (χ2v) is 5.78. The van der Waals surface area contributed by atoms with Crippen molar-refractivity contribution in [3.63, 3.8) is 0 Å². The SMILES string of the molecule is CC1NC(c2ccccc2)N(CCN2CCCC2)C1=O. The number of nitrogens with zero attached hydrogens (tertiary/aromatic N) is 2. The minimum Gasteiger partial charge on any atom is -0.320 e. The monoisotopic (exact) mass is 273 g/mol. The first-order chi connectivity index (χ1) is 9.75. The normalized spacial score (nSPS) is 27.4. The Kier molecular flexibility index (Phi) is 4.03. The molecule has 0 radical (unpaired) electrons. The summed E-state index contributed by atoms with van der Waals surface area (Å²) < 4.78 is 0. The molecule has 0 aliphatic carbocycles. The minimum atomic E-state index is -0.0845. The Hall–Kier alpha value is -1.39. The number of rotatable bonds is 4. The van der Waals surface area contributed by atoms with Crippen molar-refractivity contribution in [2.45, 2.75) is 32.0 Å². The summed E-state index contributed by atoms with van der Waals surface area (Å²) in [5, 5.41) is 3.40. The predicted octanol–water partition coefficient (Wildman–Crippen LogP) is 1.60. The fourth-order valence-electron chi connectivity index (χ4n) is 3.18. The highest BCUT2D eigenvalue weighted by Crippen LogP contribution is 2.25. The Bertz CT molecular complexity index is 456. The lowest BCUT2D eigenvalue weighted by molar-refractivity contribution is -0.130. The van der Waals surface area contributed by atoms with E-state index in [1.165, 1.54) is 31.5 Å². The molecule has 2 atom stereocenters. The highest BCUT2D eigenvalue weighted by atomic mass is 16.2. The summed E-state index contributed by atoms with van der Waals surface area (Å²) in [6.07, 6.45) is 2.62. The van der Waals surface area contributed by atoms with E-state index < -0.39 is 0 Å². The lowest BCUT2D eigenvalue weighted by Crippen LogP contribution is -2.37. The van der Waals surface area contributed by atoms with Crippen LogP contribution in [0.4, 0.5) is 0 Å². The highest BCUT2D eigenvalue weighted by Gasteiger charge is 2.36. The number of carbonyl (C=O) groups excluding carboxylic acids is 1.